The van der Waals surface area contributed by atoms with Crippen molar-refractivity contribution in [3.63, 3.8) is 0 Å². The molecule has 4 amide bonds. The van der Waals surface area contributed by atoms with Gasteiger partial charge in [0, 0.05) is 18.9 Å². The van der Waals surface area contributed by atoms with E-state index in [4.69, 9.17) is 4.55 Å². The molecule has 13 heteroatoms. The summed E-state index contributed by atoms with van der Waals surface area (Å²) in [7, 11) is -4.84. The number of nitrogens with zero attached hydrogens (tertiary/aromatic N) is 3. The number of rotatable bonds is 5. The van der Waals surface area contributed by atoms with Gasteiger partial charge in [0.25, 0.3) is 11.8 Å². The largest absolute Gasteiger partial charge is 0.418 e. The van der Waals surface area contributed by atoms with Gasteiger partial charge in [0.2, 0.25) is 0 Å². The third-order valence-corrected chi connectivity index (χ3v) is 4.47. The highest BCUT2D eigenvalue weighted by Crippen LogP contribution is 2.30. The lowest BCUT2D eigenvalue weighted by Gasteiger charge is -2.29. The standard InChI is InChI=1S/C13H17N5O7S/c19-11(8-16-5-1-2-6-16)14-15-12(20)10-4-3-9-7-17(10)13(21)18(9)25-26(22,23)24/h1-2,5-6,9-10H,3-4,7-8H2,(H,14,19)(H,15,20)(H,22,23,24). The Bertz CT molecular complexity index is 809. The van der Waals surface area contributed by atoms with Crippen molar-refractivity contribution in [2.75, 3.05) is 6.54 Å². The zero-order valence-corrected chi connectivity index (χ0v) is 14.3. The number of amides is 4. The van der Waals surface area contributed by atoms with Crippen LogP contribution in [0.15, 0.2) is 24.5 Å². The molecule has 2 atom stereocenters. The molecule has 0 aromatic carbocycles. The van der Waals surface area contributed by atoms with Crippen molar-refractivity contribution < 1.29 is 31.6 Å². The summed E-state index contributed by atoms with van der Waals surface area (Å²) in [6, 6.07) is 1.19. The molecule has 2 aliphatic rings. The van der Waals surface area contributed by atoms with Gasteiger partial charge in [-0.05, 0) is 25.0 Å². The fourth-order valence-electron chi connectivity index (χ4n) is 3.00. The maximum Gasteiger partial charge on any atom is 0.418 e. The number of hydrazine groups is 1. The van der Waals surface area contributed by atoms with Crippen molar-refractivity contribution in [1.29, 1.82) is 0 Å². The van der Waals surface area contributed by atoms with Gasteiger partial charge in [0.1, 0.15) is 12.6 Å². The van der Waals surface area contributed by atoms with Crippen LogP contribution in [-0.4, -0.2) is 64.0 Å². The molecule has 2 saturated heterocycles. The molecular weight excluding hydrogens is 370 g/mol. The Morgan fingerprint density at radius 2 is 1.92 bits per heavy atom. The molecule has 3 N–H and O–H groups in total. The number of urea groups is 1. The third-order valence-electron chi connectivity index (χ3n) is 4.12. The molecule has 2 bridgehead atoms. The summed E-state index contributed by atoms with van der Waals surface area (Å²) in [4.78, 5) is 37.4. The number of carbonyl (C=O) groups is 3. The molecule has 2 aliphatic heterocycles. The highest BCUT2D eigenvalue weighted by Gasteiger charge is 2.49. The van der Waals surface area contributed by atoms with Crippen molar-refractivity contribution in [2.24, 2.45) is 0 Å². The zero-order valence-electron chi connectivity index (χ0n) is 13.4. The van der Waals surface area contributed by atoms with E-state index in [9.17, 15) is 22.8 Å². The average Bonchev–Trinajstić information content (AvgIpc) is 3.15. The molecule has 0 radical (unpaired) electrons. The number of hydrogen-bond donors (Lipinski definition) is 3. The van der Waals surface area contributed by atoms with Crippen LogP contribution < -0.4 is 10.9 Å². The van der Waals surface area contributed by atoms with Gasteiger partial charge in [-0.1, -0.05) is 0 Å². The molecule has 3 rings (SSSR count). The van der Waals surface area contributed by atoms with Crippen LogP contribution >= 0.6 is 0 Å². The van der Waals surface area contributed by atoms with Crippen molar-refractivity contribution in [3.8, 4) is 0 Å². The van der Waals surface area contributed by atoms with Gasteiger partial charge in [-0.25, -0.2) is 4.79 Å². The number of carbonyl (C=O) groups excluding carboxylic acids is 3. The van der Waals surface area contributed by atoms with Crippen molar-refractivity contribution in [3.05, 3.63) is 24.5 Å². The van der Waals surface area contributed by atoms with Gasteiger partial charge < -0.3 is 9.47 Å². The summed E-state index contributed by atoms with van der Waals surface area (Å²) in [5, 5.41) is 0.549. The van der Waals surface area contributed by atoms with E-state index in [0.717, 1.165) is 4.90 Å². The van der Waals surface area contributed by atoms with Crippen molar-refractivity contribution in [1.82, 2.24) is 25.4 Å². The molecule has 142 valence electrons. The van der Waals surface area contributed by atoms with Crippen LogP contribution in [0.1, 0.15) is 12.8 Å². The van der Waals surface area contributed by atoms with E-state index < -0.39 is 40.3 Å². The first kappa shape index (κ1) is 18.2. The maximum absolute atomic E-state index is 12.3. The molecule has 0 saturated carbocycles. The molecule has 2 unspecified atom stereocenters. The molecule has 12 nitrogen and oxygen atoms in total. The Morgan fingerprint density at radius 3 is 2.58 bits per heavy atom. The second-order valence-corrected chi connectivity index (χ2v) is 6.91. The van der Waals surface area contributed by atoms with E-state index in [1.165, 1.54) is 0 Å². The molecule has 1 aromatic rings. The topological polar surface area (TPSA) is 150 Å². The Hall–Kier alpha value is -2.64. The first-order valence-electron chi connectivity index (χ1n) is 7.71. The normalized spacial score (nSPS) is 22.4. The van der Waals surface area contributed by atoms with E-state index in [-0.39, 0.29) is 19.5 Å². The van der Waals surface area contributed by atoms with Crippen molar-refractivity contribution in [2.45, 2.75) is 31.5 Å². The third kappa shape index (κ3) is 3.95. The van der Waals surface area contributed by atoms with Gasteiger partial charge in [0.15, 0.2) is 0 Å². The summed E-state index contributed by atoms with van der Waals surface area (Å²) in [6.07, 6.45) is 3.93. The van der Waals surface area contributed by atoms with Gasteiger partial charge in [-0.15, -0.1) is 4.28 Å². The predicted octanol–water partition coefficient (Wildman–Crippen LogP) is -1.36. The number of hydrogen-bond acceptors (Lipinski definition) is 6. The van der Waals surface area contributed by atoms with Gasteiger partial charge >= 0.3 is 16.4 Å². The smallest absolute Gasteiger partial charge is 0.345 e. The minimum Gasteiger partial charge on any atom is -0.345 e. The van der Waals surface area contributed by atoms with Crippen molar-refractivity contribution >= 4 is 28.2 Å². The lowest BCUT2D eigenvalue weighted by atomic mass is 10.0. The van der Waals surface area contributed by atoms with Crippen LogP contribution in [-0.2, 0) is 30.8 Å². The quantitative estimate of drug-likeness (QED) is 0.417. The Morgan fingerprint density at radius 1 is 1.23 bits per heavy atom. The monoisotopic (exact) mass is 387 g/mol. The molecule has 2 fully saturated rings. The second kappa shape index (κ2) is 6.93. The number of fused-ring (bicyclic) bond motifs is 2. The lowest BCUT2D eigenvalue weighted by molar-refractivity contribution is -0.132. The number of aromatic nitrogens is 1. The Balaban J connectivity index is 1.56. The summed E-state index contributed by atoms with van der Waals surface area (Å²) in [6.45, 7) is 0.0857. The first-order valence-corrected chi connectivity index (χ1v) is 9.07. The van der Waals surface area contributed by atoms with E-state index in [1.807, 2.05) is 0 Å². The minimum atomic E-state index is -4.84. The molecule has 0 aliphatic carbocycles. The van der Waals surface area contributed by atoms with Gasteiger partial charge in [0.05, 0.1) is 6.04 Å². The molecule has 3 heterocycles. The van der Waals surface area contributed by atoms with E-state index >= 15 is 0 Å². The van der Waals surface area contributed by atoms with E-state index in [1.54, 1.807) is 29.1 Å². The minimum absolute atomic E-state index is 0.0125. The number of piperidine rings is 1. The van der Waals surface area contributed by atoms with Crippen LogP contribution in [0.2, 0.25) is 0 Å². The second-order valence-electron chi connectivity index (χ2n) is 5.90. The molecule has 0 spiro atoms. The van der Waals surface area contributed by atoms with Gasteiger partial charge in [-0.2, -0.15) is 13.5 Å². The zero-order chi connectivity index (χ0) is 18.9. The molecule has 26 heavy (non-hydrogen) atoms. The van der Waals surface area contributed by atoms with Crippen LogP contribution in [0.4, 0.5) is 4.79 Å². The number of nitrogens with one attached hydrogen (secondary N) is 2. The average molecular weight is 387 g/mol. The highest BCUT2D eigenvalue weighted by atomic mass is 32.3. The molecular formula is C13H17N5O7S. The number of hydroxylamine groups is 2. The summed E-state index contributed by atoms with van der Waals surface area (Å²) >= 11 is 0. The Kier molecular flexibility index (Phi) is 4.84. The summed E-state index contributed by atoms with van der Waals surface area (Å²) in [5.41, 5.74) is 4.52. The highest BCUT2D eigenvalue weighted by molar-refractivity contribution is 7.80. The van der Waals surface area contributed by atoms with Crippen LogP contribution in [0.5, 0.6) is 0 Å². The van der Waals surface area contributed by atoms with Crippen LogP contribution in [0.3, 0.4) is 0 Å². The van der Waals surface area contributed by atoms with E-state index in [0.29, 0.717) is 11.5 Å². The SMILES string of the molecule is O=C(Cn1cccc1)NNC(=O)C1CCC2CN1C(=O)N2OS(=O)(=O)O. The van der Waals surface area contributed by atoms with E-state index in [2.05, 4.69) is 15.1 Å². The Labute approximate surface area is 148 Å². The molecule has 1 aromatic heterocycles. The first-order chi connectivity index (χ1) is 12.2. The summed E-state index contributed by atoms with van der Waals surface area (Å²) < 4.78 is 36.3. The van der Waals surface area contributed by atoms with Crippen LogP contribution in [0, 0.1) is 0 Å². The van der Waals surface area contributed by atoms with Gasteiger partial charge in [-0.3, -0.25) is 25.0 Å². The predicted molar refractivity (Wildman–Crippen MR) is 84.1 cm³/mol. The van der Waals surface area contributed by atoms with Crippen LogP contribution in [0.25, 0.3) is 0 Å². The fraction of sp³-hybridized carbons (Fsp3) is 0.462. The lowest BCUT2D eigenvalue weighted by Crippen LogP contribution is -2.54. The maximum atomic E-state index is 12.3. The summed E-state index contributed by atoms with van der Waals surface area (Å²) in [5.74, 6) is -1.06. The fourth-order valence-corrected chi connectivity index (χ4v) is 3.39.